The SMILES string of the molecule is COC(=O)C(c1ccccc1)c1c(-c2ccccc2)nc2cc(O)ccc2c1C(N)=O. The topological polar surface area (TPSA) is 103 Å². The highest BCUT2D eigenvalue weighted by Gasteiger charge is 2.33. The molecule has 1 atom stereocenters. The molecule has 4 aromatic rings. The Labute approximate surface area is 178 Å². The Balaban J connectivity index is 2.18. The summed E-state index contributed by atoms with van der Waals surface area (Å²) in [5.74, 6) is -2.15. The quantitative estimate of drug-likeness (QED) is 0.482. The van der Waals surface area contributed by atoms with Crippen LogP contribution in [0.2, 0.25) is 0 Å². The number of ether oxygens (including phenoxy) is 1. The minimum Gasteiger partial charge on any atom is -0.508 e. The number of pyridine rings is 1. The number of hydrogen-bond acceptors (Lipinski definition) is 5. The largest absolute Gasteiger partial charge is 0.508 e. The van der Waals surface area contributed by atoms with Crippen molar-refractivity contribution in [2.45, 2.75) is 5.92 Å². The molecule has 1 amide bonds. The Morgan fingerprint density at radius 1 is 0.968 bits per heavy atom. The molecular weight excluding hydrogens is 392 g/mol. The van der Waals surface area contributed by atoms with E-state index in [0.29, 0.717) is 33.3 Å². The van der Waals surface area contributed by atoms with Gasteiger partial charge in [0.15, 0.2) is 0 Å². The van der Waals surface area contributed by atoms with E-state index in [-0.39, 0.29) is 11.3 Å². The summed E-state index contributed by atoms with van der Waals surface area (Å²) in [6.07, 6.45) is 0. The molecule has 0 fully saturated rings. The number of nitrogens with zero attached hydrogens (tertiary/aromatic N) is 1. The molecule has 0 aliphatic heterocycles. The maximum atomic E-state index is 13.0. The Hall–Kier alpha value is -4.19. The van der Waals surface area contributed by atoms with Crippen molar-refractivity contribution in [1.82, 2.24) is 4.98 Å². The molecular formula is C25H20N2O4. The molecule has 0 radical (unpaired) electrons. The molecule has 6 nitrogen and oxygen atoms in total. The fraction of sp³-hybridized carbons (Fsp3) is 0.0800. The lowest BCUT2D eigenvalue weighted by Gasteiger charge is -2.22. The highest BCUT2D eigenvalue weighted by molar-refractivity contribution is 6.10. The maximum absolute atomic E-state index is 13.0. The lowest BCUT2D eigenvalue weighted by Crippen LogP contribution is -2.23. The van der Waals surface area contributed by atoms with E-state index in [1.807, 2.05) is 48.5 Å². The zero-order chi connectivity index (χ0) is 22.0. The lowest BCUT2D eigenvalue weighted by atomic mass is 9.83. The standard InChI is InChI=1S/C25H20N2O4/c1-31-25(30)20(15-8-4-2-5-9-15)22-21(24(26)29)18-13-12-17(28)14-19(18)27-23(22)16-10-6-3-7-11-16/h2-14,20,28H,1H3,(H2,26,29). The molecule has 3 N–H and O–H groups in total. The van der Waals surface area contributed by atoms with Crippen LogP contribution in [-0.4, -0.2) is 29.1 Å². The summed E-state index contributed by atoms with van der Waals surface area (Å²) in [7, 11) is 1.30. The van der Waals surface area contributed by atoms with E-state index in [1.165, 1.54) is 19.2 Å². The molecule has 0 bridgehead atoms. The minimum absolute atomic E-state index is 0.00904. The third kappa shape index (κ3) is 3.71. The molecule has 154 valence electrons. The Morgan fingerprint density at radius 3 is 2.23 bits per heavy atom. The smallest absolute Gasteiger partial charge is 0.317 e. The molecule has 0 aliphatic carbocycles. The molecule has 0 saturated carbocycles. The van der Waals surface area contributed by atoms with Gasteiger partial charge in [-0.1, -0.05) is 60.7 Å². The van der Waals surface area contributed by atoms with Crippen LogP contribution in [0.4, 0.5) is 0 Å². The van der Waals surface area contributed by atoms with Gasteiger partial charge in [0, 0.05) is 22.6 Å². The van der Waals surface area contributed by atoms with Gasteiger partial charge in [-0.3, -0.25) is 9.59 Å². The second-order valence-electron chi connectivity index (χ2n) is 7.05. The number of rotatable bonds is 5. The van der Waals surface area contributed by atoms with Gasteiger partial charge in [0.1, 0.15) is 11.7 Å². The van der Waals surface area contributed by atoms with E-state index in [0.717, 1.165) is 0 Å². The van der Waals surface area contributed by atoms with Crippen LogP contribution >= 0.6 is 0 Å². The number of carbonyl (C=O) groups excluding carboxylic acids is 2. The first-order valence-electron chi connectivity index (χ1n) is 9.66. The number of nitrogens with two attached hydrogens (primary N) is 1. The Morgan fingerprint density at radius 2 is 1.61 bits per heavy atom. The van der Waals surface area contributed by atoms with Gasteiger partial charge in [0.2, 0.25) is 5.91 Å². The number of amides is 1. The molecule has 3 aromatic carbocycles. The number of esters is 1. The molecule has 31 heavy (non-hydrogen) atoms. The van der Waals surface area contributed by atoms with E-state index in [9.17, 15) is 14.7 Å². The van der Waals surface area contributed by atoms with Crippen LogP contribution in [0.3, 0.4) is 0 Å². The number of methoxy groups -OCH3 is 1. The molecule has 1 aromatic heterocycles. The lowest BCUT2D eigenvalue weighted by molar-refractivity contribution is -0.141. The summed E-state index contributed by atoms with van der Waals surface area (Å²) in [4.78, 5) is 30.5. The van der Waals surface area contributed by atoms with Crippen LogP contribution in [0.25, 0.3) is 22.2 Å². The minimum atomic E-state index is -0.922. The summed E-state index contributed by atoms with van der Waals surface area (Å²) in [5.41, 5.74) is 8.55. The number of hydrogen-bond donors (Lipinski definition) is 2. The van der Waals surface area contributed by atoms with Gasteiger partial charge in [-0.25, -0.2) is 4.98 Å². The van der Waals surface area contributed by atoms with Crippen molar-refractivity contribution in [3.63, 3.8) is 0 Å². The van der Waals surface area contributed by atoms with Gasteiger partial charge in [-0.15, -0.1) is 0 Å². The number of benzene rings is 3. The first kappa shape index (κ1) is 20.1. The van der Waals surface area contributed by atoms with E-state index in [4.69, 9.17) is 15.5 Å². The highest BCUT2D eigenvalue weighted by atomic mass is 16.5. The summed E-state index contributed by atoms with van der Waals surface area (Å²) in [6.45, 7) is 0. The second kappa shape index (κ2) is 8.28. The number of aromatic hydroxyl groups is 1. The van der Waals surface area contributed by atoms with Gasteiger partial charge in [0.05, 0.1) is 23.9 Å². The predicted octanol–water partition coefficient (Wildman–Crippen LogP) is 4.01. The monoisotopic (exact) mass is 412 g/mol. The number of phenols is 1. The van der Waals surface area contributed by atoms with Crippen molar-refractivity contribution in [2.75, 3.05) is 7.11 Å². The van der Waals surface area contributed by atoms with E-state index >= 15 is 0 Å². The van der Waals surface area contributed by atoms with Crippen molar-refractivity contribution in [3.8, 4) is 17.0 Å². The molecule has 4 rings (SSSR count). The third-order valence-electron chi connectivity index (χ3n) is 5.16. The number of aromatic nitrogens is 1. The first-order valence-corrected chi connectivity index (χ1v) is 9.66. The number of fused-ring (bicyclic) bond motifs is 1. The van der Waals surface area contributed by atoms with Gasteiger partial charge < -0.3 is 15.6 Å². The molecule has 0 spiro atoms. The van der Waals surface area contributed by atoms with Gasteiger partial charge in [-0.2, -0.15) is 0 Å². The predicted molar refractivity (Wildman–Crippen MR) is 118 cm³/mol. The Bertz CT molecular complexity index is 1270. The van der Waals surface area contributed by atoms with E-state index in [2.05, 4.69) is 0 Å². The van der Waals surface area contributed by atoms with E-state index < -0.39 is 17.8 Å². The average molecular weight is 412 g/mol. The second-order valence-corrected chi connectivity index (χ2v) is 7.05. The van der Waals surface area contributed by atoms with Crippen LogP contribution in [-0.2, 0) is 9.53 Å². The van der Waals surface area contributed by atoms with Crippen molar-refractivity contribution in [3.05, 3.63) is 95.6 Å². The van der Waals surface area contributed by atoms with Crippen LogP contribution in [0.5, 0.6) is 5.75 Å². The number of phenolic OH excluding ortho intramolecular Hbond substituents is 1. The molecule has 0 saturated heterocycles. The average Bonchev–Trinajstić information content (AvgIpc) is 2.79. The normalized spacial score (nSPS) is 11.8. The van der Waals surface area contributed by atoms with Crippen molar-refractivity contribution in [1.29, 1.82) is 0 Å². The summed E-state index contributed by atoms with van der Waals surface area (Å²) in [6, 6.07) is 22.8. The molecule has 1 heterocycles. The van der Waals surface area contributed by atoms with Gasteiger partial charge in [0.25, 0.3) is 0 Å². The summed E-state index contributed by atoms with van der Waals surface area (Å²) in [5, 5.41) is 10.4. The zero-order valence-corrected chi connectivity index (χ0v) is 16.8. The number of carbonyl (C=O) groups is 2. The van der Waals surface area contributed by atoms with E-state index in [1.54, 1.807) is 18.2 Å². The van der Waals surface area contributed by atoms with Crippen molar-refractivity contribution in [2.24, 2.45) is 5.73 Å². The third-order valence-corrected chi connectivity index (χ3v) is 5.16. The maximum Gasteiger partial charge on any atom is 0.317 e. The van der Waals surface area contributed by atoms with Crippen molar-refractivity contribution < 1.29 is 19.4 Å². The van der Waals surface area contributed by atoms with Gasteiger partial charge >= 0.3 is 5.97 Å². The molecule has 6 heteroatoms. The molecule has 1 unspecified atom stereocenters. The summed E-state index contributed by atoms with van der Waals surface area (Å²) >= 11 is 0. The van der Waals surface area contributed by atoms with Crippen molar-refractivity contribution >= 4 is 22.8 Å². The molecule has 0 aliphatic rings. The van der Waals surface area contributed by atoms with Gasteiger partial charge in [-0.05, 0) is 17.7 Å². The number of primary amides is 1. The highest BCUT2D eigenvalue weighted by Crippen LogP contribution is 2.39. The zero-order valence-electron chi connectivity index (χ0n) is 16.8. The van der Waals surface area contributed by atoms with Crippen LogP contribution in [0, 0.1) is 0 Å². The Kier molecular flexibility index (Phi) is 5.37. The first-order chi connectivity index (χ1) is 15.0. The van der Waals surface area contributed by atoms with Crippen LogP contribution in [0.1, 0.15) is 27.4 Å². The summed E-state index contributed by atoms with van der Waals surface area (Å²) < 4.78 is 5.12. The van der Waals surface area contributed by atoms with Crippen LogP contribution < -0.4 is 5.73 Å². The fourth-order valence-corrected chi connectivity index (χ4v) is 3.81. The fourth-order valence-electron chi connectivity index (χ4n) is 3.81. The van der Waals surface area contributed by atoms with Crippen LogP contribution in [0.15, 0.2) is 78.9 Å².